The molecule has 0 bridgehead atoms. The summed E-state index contributed by atoms with van der Waals surface area (Å²) in [4.78, 5) is 28.3. The Bertz CT molecular complexity index is 1460. The summed E-state index contributed by atoms with van der Waals surface area (Å²) >= 11 is 6.04. The van der Waals surface area contributed by atoms with Crippen molar-refractivity contribution in [1.82, 2.24) is 10.2 Å². The van der Waals surface area contributed by atoms with Crippen LogP contribution in [0.1, 0.15) is 31.9 Å². The van der Waals surface area contributed by atoms with Crippen LogP contribution in [-0.2, 0) is 26.2 Å². The summed E-state index contributed by atoms with van der Waals surface area (Å²) in [5.74, 6) is -0.321. The van der Waals surface area contributed by atoms with Crippen molar-refractivity contribution in [2.75, 3.05) is 25.1 Å². The first kappa shape index (κ1) is 31.8. The van der Waals surface area contributed by atoms with Crippen LogP contribution >= 0.6 is 11.6 Å². The minimum atomic E-state index is -4.26. The molecule has 0 aliphatic carbocycles. The lowest BCUT2D eigenvalue weighted by molar-refractivity contribution is -0.139. The second kappa shape index (κ2) is 13.7. The van der Waals surface area contributed by atoms with Gasteiger partial charge in [-0.2, -0.15) is 0 Å². The molecule has 0 aliphatic rings. The predicted molar refractivity (Wildman–Crippen MR) is 160 cm³/mol. The highest BCUT2D eigenvalue weighted by Gasteiger charge is 2.33. The minimum absolute atomic E-state index is 0.0703. The molecule has 3 rings (SSSR count). The Kier molecular flexibility index (Phi) is 10.6. The molecule has 0 aromatic heterocycles. The summed E-state index contributed by atoms with van der Waals surface area (Å²) in [6, 6.07) is 16.9. The molecule has 11 heteroatoms. The van der Waals surface area contributed by atoms with Gasteiger partial charge in [0, 0.05) is 23.7 Å². The Balaban J connectivity index is 2.06. The number of hydrogen-bond acceptors (Lipinski definition) is 6. The van der Waals surface area contributed by atoms with Crippen molar-refractivity contribution in [3.8, 4) is 11.5 Å². The van der Waals surface area contributed by atoms with Crippen molar-refractivity contribution in [3.63, 3.8) is 0 Å². The zero-order chi connectivity index (χ0) is 30.3. The van der Waals surface area contributed by atoms with Crippen molar-refractivity contribution in [2.45, 2.75) is 51.2 Å². The van der Waals surface area contributed by atoms with Crippen LogP contribution in [0.25, 0.3) is 0 Å². The lowest BCUT2D eigenvalue weighted by Crippen LogP contribution is -2.52. The maximum atomic E-state index is 14.1. The van der Waals surface area contributed by atoms with E-state index in [4.69, 9.17) is 21.1 Å². The lowest BCUT2D eigenvalue weighted by atomic mass is 10.1. The normalized spacial score (nSPS) is 12.0. The molecule has 41 heavy (non-hydrogen) atoms. The molecule has 220 valence electrons. The first-order chi connectivity index (χ1) is 19.4. The summed E-state index contributed by atoms with van der Waals surface area (Å²) < 4.78 is 39.7. The number of aryl methyl sites for hydroxylation is 1. The average molecular weight is 602 g/mol. The van der Waals surface area contributed by atoms with E-state index in [-0.39, 0.29) is 29.1 Å². The van der Waals surface area contributed by atoms with Gasteiger partial charge in [-0.1, -0.05) is 41.4 Å². The van der Waals surface area contributed by atoms with Gasteiger partial charge in [-0.05, 0) is 69.7 Å². The number of sulfonamides is 1. The van der Waals surface area contributed by atoms with Crippen LogP contribution in [0.15, 0.2) is 71.6 Å². The van der Waals surface area contributed by atoms with Gasteiger partial charge in [0.1, 0.15) is 12.6 Å². The molecule has 0 aliphatic heterocycles. The van der Waals surface area contributed by atoms with Crippen LogP contribution in [0.4, 0.5) is 5.69 Å². The Hall–Kier alpha value is -3.76. The molecule has 0 unspecified atom stereocenters. The molecule has 3 aromatic carbocycles. The van der Waals surface area contributed by atoms with Gasteiger partial charge in [-0.3, -0.25) is 13.9 Å². The van der Waals surface area contributed by atoms with Gasteiger partial charge in [0.2, 0.25) is 11.8 Å². The molecule has 1 N–H and O–H groups in total. The van der Waals surface area contributed by atoms with Crippen LogP contribution < -0.4 is 19.1 Å². The first-order valence-corrected chi connectivity index (χ1v) is 14.8. The van der Waals surface area contributed by atoms with Crippen molar-refractivity contribution >= 4 is 39.1 Å². The fraction of sp³-hybridized carbons (Fsp3) is 0.333. The average Bonchev–Trinajstić information content (AvgIpc) is 2.94. The third-order valence-corrected chi connectivity index (χ3v) is 8.43. The second-order valence-corrected chi connectivity index (χ2v) is 12.2. The summed E-state index contributed by atoms with van der Waals surface area (Å²) in [7, 11) is -1.40. The minimum Gasteiger partial charge on any atom is -0.493 e. The van der Waals surface area contributed by atoms with Crippen molar-refractivity contribution in [1.29, 1.82) is 0 Å². The van der Waals surface area contributed by atoms with E-state index in [1.807, 2.05) is 20.8 Å². The van der Waals surface area contributed by atoms with Crippen LogP contribution in [0, 0.1) is 6.92 Å². The van der Waals surface area contributed by atoms with Gasteiger partial charge in [0.05, 0.1) is 24.8 Å². The summed E-state index contributed by atoms with van der Waals surface area (Å²) in [5.41, 5.74) is 1.95. The Labute approximate surface area is 247 Å². The molecule has 0 heterocycles. The van der Waals surface area contributed by atoms with Gasteiger partial charge < -0.3 is 19.7 Å². The summed E-state index contributed by atoms with van der Waals surface area (Å²) in [6.45, 7) is 6.67. The van der Waals surface area contributed by atoms with E-state index in [1.165, 1.54) is 37.3 Å². The highest BCUT2D eigenvalue weighted by Crippen LogP contribution is 2.32. The fourth-order valence-corrected chi connectivity index (χ4v) is 5.67. The quantitative estimate of drug-likeness (QED) is 0.320. The topological polar surface area (TPSA) is 105 Å². The number of carbonyl (C=O) groups excluding carboxylic acids is 2. The van der Waals surface area contributed by atoms with Crippen molar-refractivity contribution < 1.29 is 27.5 Å². The van der Waals surface area contributed by atoms with E-state index in [0.29, 0.717) is 16.5 Å². The van der Waals surface area contributed by atoms with E-state index in [9.17, 15) is 18.0 Å². The molecule has 1 atom stereocenters. The van der Waals surface area contributed by atoms with Crippen LogP contribution in [0.5, 0.6) is 11.5 Å². The molecular formula is C30H36ClN3O6S. The van der Waals surface area contributed by atoms with E-state index in [2.05, 4.69) is 5.32 Å². The highest BCUT2D eigenvalue weighted by molar-refractivity contribution is 7.92. The van der Waals surface area contributed by atoms with E-state index in [0.717, 1.165) is 15.4 Å². The molecule has 0 spiro atoms. The van der Waals surface area contributed by atoms with E-state index in [1.54, 1.807) is 55.5 Å². The lowest BCUT2D eigenvalue weighted by Gasteiger charge is -2.32. The van der Waals surface area contributed by atoms with Gasteiger partial charge >= 0.3 is 0 Å². The second-order valence-electron chi connectivity index (χ2n) is 9.85. The fourth-order valence-electron chi connectivity index (χ4n) is 4.12. The molecule has 0 saturated carbocycles. The predicted octanol–water partition coefficient (Wildman–Crippen LogP) is 4.80. The van der Waals surface area contributed by atoms with Crippen LogP contribution in [-0.4, -0.2) is 58.0 Å². The SMILES string of the molecule is COc1ccc(S(=O)(=O)N(CC(=O)N(Cc2ccc(Cl)cc2)[C@@H](C)C(=O)NC(C)C)c2ccc(C)cc2)cc1OC. The number of amides is 2. The Morgan fingerprint density at radius 1 is 0.902 bits per heavy atom. The van der Waals surface area contributed by atoms with Gasteiger partial charge in [-0.25, -0.2) is 8.42 Å². The standard InChI is InChI=1S/C30H36ClN3O6S/c1-20(2)32-30(36)22(4)33(18-23-9-11-24(31)12-10-23)29(35)19-34(25-13-7-21(3)8-14-25)41(37,38)26-15-16-27(39-5)28(17-26)40-6/h7-17,20,22H,18-19H2,1-6H3,(H,32,36)/t22-/m0/s1. The maximum Gasteiger partial charge on any atom is 0.264 e. The number of nitrogens with zero attached hydrogens (tertiary/aromatic N) is 2. The van der Waals surface area contributed by atoms with E-state index >= 15 is 0 Å². The third kappa shape index (κ3) is 7.92. The third-order valence-electron chi connectivity index (χ3n) is 6.41. The number of benzene rings is 3. The number of hydrogen-bond donors (Lipinski definition) is 1. The number of anilines is 1. The van der Waals surface area contributed by atoms with Gasteiger partial charge in [-0.15, -0.1) is 0 Å². The Morgan fingerprint density at radius 3 is 2.07 bits per heavy atom. The number of carbonyl (C=O) groups is 2. The molecule has 9 nitrogen and oxygen atoms in total. The molecule has 0 fully saturated rings. The van der Waals surface area contributed by atoms with Gasteiger partial charge in [0.15, 0.2) is 11.5 Å². The summed E-state index contributed by atoms with van der Waals surface area (Å²) in [5, 5.41) is 3.36. The van der Waals surface area contributed by atoms with Crippen LogP contribution in [0.3, 0.4) is 0 Å². The maximum absolute atomic E-state index is 14.1. The van der Waals surface area contributed by atoms with Crippen LogP contribution in [0.2, 0.25) is 5.02 Å². The molecular weight excluding hydrogens is 566 g/mol. The van der Waals surface area contributed by atoms with Crippen molar-refractivity contribution in [3.05, 3.63) is 82.9 Å². The molecule has 3 aromatic rings. The number of halogens is 1. The molecule has 0 saturated heterocycles. The van der Waals surface area contributed by atoms with Crippen molar-refractivity contribution in [2.24, 2.45) is 0 Å². The number of ether oxygens (including phenoxy) is 2. The molecule has 0 radical (unpaired) electrons. The Morgan fingerprint density at radius 2 is 1.51 bits per heavy atom. The number of rotatable bonds is 12. The number of nitrogens with one attached hydrogen (secondary N) is 1. The van der Waals surface area contributed by atoms with E-state index < -0.39 is 28.5 Å². The van der Waals surface area contributed by atoms with Gasteiger partial charge in [0.25, 0.3) is 10.0 Å². The smallest absolute Gasteiger partial charge is 0.264 e. The molecule has 2 amide bonds. The first-order valence-electron chi connectivity index (χ1n) is 13.0. The number of methoxy groups -OCH3 is 2. The zero-order valence-corrected chi connectivity index (χ0v) is 25.6. The highest BCUT2D eigenvalue weighted by atomic mass is 35.5. The zero-order valence-electron chi connectivity index (χ0n) is 24.0. The monoisotopic (exact) mass is 601 g/mol. The largest absolute Gasteiger partial charge is 0.493 e. The summed E-state index contributed by atoms with van der Waals surface area (Å²) in [6.07, 6.45) is 0.